The summed E-state index contributed by atoms with van der Waals surface area (Å²) in [5.41, 5.74) is 1.40. The molecule has 0 unspecified atom stereocenters. The molecular formula is C17H22MoO2. The first-order valence-electron chi connectivity index (χ1n) is 5.82. The monoisotopic (exact) mass is 356 g/mol. The third-order valence-electron chi connectivity index (χ3n) is 2.00. The predicted molar refractivity (Wildman–Crippen MR) is 76.6 cm³/mol. The van der Waals surface area contributed by atoms with Crippen molar-refractivity contribution in [2.75, 3.05) is 0 Å². The molecule has 0 N–H and O–H groups in total. The molecule has 3 heteroatoms. The fraction of sp³-hybridized carbons (Fsp3) is 0.294. The van der Waals surface area contributed by atoms with Crippen LogP contribution in [0.5, 0.6) is 0 Å². The van der Waals surface area contributed by atoms with Crippen molar-refractivity contribution >= 4 is 0 Å². The van der Waals surface area contributed by atoms with Gasteiger partial charge in [-0.15, -0.1) is 0 Å². The van der Waals surface area contributed by atoms with Crippen molar-refractivity contribution in [2.45, 2.75) is 33.6 Å². The molecule has 8 radical (unpaired) electrons. The van der Waals surface area contributed by atoms with Crippen LogP contribution in [-0.4, -0.2) is 0 Å². The van der Waals surface area contributed by atoms with Crippen LogP contribution >= 0.6 is 0 Å². The van der Waals surface area contributed by atoms with Gasteiger partial charge in [0, 0.05) is 21.1 Å². The van der Waals surface area contributed by atoms with Crippen LogP contribution in [0.15, 0.2) is 11.6 Å². The van der Waals surface area contributed by atoms with Gasteiger partial charge in [-0.2, -0.15) is 0 Å². The quantitative estimate of drug-likeness (QED) is 0.312. The zero-order chi connectivity index (χ0) is 15.5. The topological polar surface area (TPSA) is 39.8 Å². The van der Waals surface area contributed by atoms with Crippen molar-refractivity contribution in [1.82, 2.24) is 0 Å². The van der Waals surface area contributed by atoms with Gasteiger partial charge in [-0.3, -0.25) is 0 Å². The molecule has 0 aromatic heterocycles. The van der Waals surface area contributed by atoms with Gasteiger partial charge < -0.3 is 0 Å². The van der Waals surface area contributed by atoms with E-state index >= 15 is 0 Å². The fourth-order valence-corrected chi connectivity index (χ4v) is 1.01. The van der Waals surface area contributed by atoms with E-state index < -0.39 is 0 Å². The Balaban J connectivity index is -0.000000108. The van der Waals surface area contributed by atoms with E-state index in [1.165, 1.54) is 11.5 Å². The summed E-state index contributed by atoms with van der Waals surface area (Å²) in [6, 6.07) is 0. The first-order valence-corrected chi connectivity index (χ1v) is 5.82. The first-order chi connectivity index (χ1) is 9.16. The SMILES string of the molecule is [C-]#[O+].[C-]#[O+].[CH2][CH][C](C)CCC=C(C)C.[CH]1[CH][CH][CH][CH]1.[Mo]. The molecule has 0 atom stereocenters. The van der Waals surface area contributed by atoms with Crippen molar-refractivity contribution < 1.29 is 30.4 Å². The van der Waals surface area contributed by atoms with Crippen molar-refractivity contribution in [3.63, 3.8) is 0 Å². The van der Waals surface area contributed by atoms with Gasteiger partial charge in [0.05, 0.1) is 0 Å². The van der Waals surface area contributed by atoms with Gasteiger partial charge in [0.15, 0.2) is 0 Å². The minimum absolute atomic E-state index is 0. The summed E-state index contributed by atoms with van der Waals surface area (Å²) in [4.78, 5) is 0. The fourth-order valence-electron chi connectivity index (χ4n) is 1.01. The van der Waals surface area contributed by atoms with Crippen LogP contribution in [0.25, 0.3) is 0 Å². The molecular weight excluding hydrogens is 332 g/mol. The zero-order valence-electron chi connectivity index (χ0n) is 12.4. The van der Waals surface area contributed by atoms with Crippen molar-refractivity contribution in [1.29, 1.82) is 0 Å². The number of allylic oxidation sites excluding steroid dienone is 2. The standard InChI is InChI=1S/C10H17.C5H5.2CO.Mo/c1-5-10(4)8-6-7-9(2)3;1-2-4-5-3-1;2*1-2;/h5,7H,1,6,8H2,2-4H3;1-5H;;;. The van der Waals surface area contributed by atoms with E-state index in [1.54, 1.807) is 0 Å². The minimum Gasteiger partial charge on any atom is -0.0859 e. The Morgan fingerprint density at radius 3 is 1.55 bits per heavy atom. The molecule has 0 bridgehead atoms. The average Bonchev–Trinajstić information content (AvgIpc) is 3.02. The largest absolute Gasteiger partial charge is 0.0859 e. The summed E-state index contributed by atoms with van der Waals surface area (Å²) in [6.45, 7) is 19.1. The summed E-state index contributed by atoms with van der Waals surface area (Å²) in [6.07, 6.45) is 16.5. The Kier molecular flexibility index (Phi) is 38.4. The Morgan fingerprint density at radius 2 is 1.30 bits per heavy atom. The Bertz CT molecular complexity index is 210. The van der Waals surface area contributed by atoms with Gasteiger partial charge in [0.25, 0.3) is 0 Å². The van der Waals surface area contributed by atoms with E-state index in [2.05, 4.69) is 47.1 Å². The van der Waals surface area contributed by atoms with Crippen molar-refractivity contribution in [3.8, 4) is 0 Å². The van der Waals surface area contributed by atoms with E-state index in [-0.39, 0.29) is 21.1 Å². The van der Waals surface area contributed by atoms with Crippen LogP contribution in [0.3, 0.4) is 0 Å². The first kappa shape index (κ1) is 28.1. The van der Waals surface area contributed by atoms with Crippen LogP contribution in [0.2, 0.25) is 0 Å². The van der Waals surface area contributed by atoms with Gasteiger partial charge in [-0.1, -0.05) is 18.6 Å². The molecule has 1 aliphatic rings. The van der Waals surface area contributed by atoms with E-state index in [0.717, 1.165) is 12.8 Å². The molecule has 2 nitrogen and oxygen atoms in total. The summed E-state index contributed by atoms with van der Waals surface area (Å²) < 4.78 is 15.0. The number of rotatable bonds is 4. The molecule has 108 valence electrons. The molecule has 1 rings (SSSR count). The van der Waals surface area contributed by atoms with Crippen molar-refractivity contribution in [3.05, 3.63) is 76.3 Å². The van der Waals surface area contributed by atoms with Crippen molar-refractivity contribution in [2.24, 2.45) is 0 Å². The van der Waals surface area contributed by atoms with Gasteiger partial charge in [0.2, 0.25) is 0 Å². The van der Waals surface area contributed by atoms with E-state index in [4.69, 9.17) is 9.30 Å². The summed E-state index contributed by atoms with van der Waals surface area (Å²) in [5.74, 6) is 1.37. The maximum atomic E-state index is 7.50. The van der Waals surface area contributed by atoms with Crippen LogP contribution in [0.1, 0.15) is 33.6 Å². The number of hydrogen-bond acceptors (Lipinski definition) is 0. The smallest absolute Gasteiger partial charge is 0 e. The third-order valence-corrected chi connectivity index (χ3v) is 2.00. The second-order valence-corrected chi connectivity index (χ2v) is 3.83. The van der Waals surface area contributed by atoms with Crippen LogP contribution in [0, 0.1) is 64.7 Å². The van der Waals surface area contributed by atoms with Crippen LogP contribution < -0.4 is 0 Å². The average molecular weight is 354 g/mol. The molecule has 0 aliphatic heterocycles. The van der Waals surface area contributed by atoms with Gasteiger partial charge >= 0.3 is 22.6 Å². The molecule has 1 saturated carbocycles. The molecule has 0 aromatic rings. The van der Waals surface area contributed by atoms with E-state index in [0.29, 0.717) is 0 Å². The number of hydrogen-bond donors (Lipinski definition) is 0. The minimum atomic E-state index is 0. The molecule has 0 aromatic carbocycles. The zero-order valence-corrected chi connectivity index (χ0v) is 14.4. The summed E-state index contributed by atoms with van der Waals surface area (Å²) in [5, 5.41) is 0. The van der Waals surface area contributed by atoms with E-state index in [9.17, 15) is 0 Å². The van der Waals surface area contributed by atoms with Crippen LogP contribution in [0.4, 0.5) is 0 Å². The molecule has 1 fully saturated rings. The Labute approximate surface area is 140 Å². The molecule has 1 aliphatic carbocycles. The Hall–Kier alpha value is -0.0917. The van der Waals surface area contributed by atoms with Gasteiger partial charge in [-0.05, 0) is 78.1 Å². The normalized spacial score (nSPS) is 11.2. The molecule has 20 heavy (non-hydrogen) atoms. The predicted octanol–water partition coefficient (Wildman–Crippen LogP) is 4.31. The maximum Gasteiger partial charge on any atom is 0 e. The third kappa shape index (κ3) is 30.7. The summed E-state index contributed by atoms with van der Waals surface area (Å²) in [7, 11) is 0. The van der Waals surface area contributed by atoms with E-state index in [1.807, 2.05) is 38.5 Å². The molecule has 0 heterocycles. The summed E-state index contributed by atoms with van der Waals surface area (Å²) >= 11 is 0. The molecule has 0 amide bonds. The Morgan fingerprint density at radius 1 is 0.950 bits per heavy atom. The molecule has 0 spiro atoms. The van der Waals surface area contributed by atoms with Gasteiger partial charge in [-0.25, -0.2) is 0 Å². The van der Waals surface area contributed by atoms with Crippen LogP contribution in [-0.2, 0) is 30.4 Å². The maximum absolute atomic E-state index is 7.50. The molecule has 0 saturated heterocycles. The van der Waals surface area contributed by atoms with Gasteiger partial charge in [0.1, 0.15) is 0 Å². The second kappa shape index (κ2) is 27.3. The second-order valence-electron chi connectivity index (χ2n) is 3.83.